The SMILES string of the molecule is O=C(Cc1ccc(NC(=O)N2CCC[C@@H](N3CCCC3)C2)cc1)N1CCOCC1. The summed E-state index contributed by atoms with van der Waals surface area (Å²) in [5, 5.41) is 3.02. The van der Waals surface area contributed by atoms with Gasteiger partial charge in [-0.3, -0.25) is 9.69 Å². The molecule has 3 fully saturated rings. The maximum Gasteiger partial charge on any atom is 0.321 e. The third-order valence-electron chi connectivity index (χ3n) is 6.27. The summed E-state index contributed by atoms with van der Waals surface area (Å²) in [6, 6.07) is 8.12. The van der Waals surface area contributed by atoms with Crippen LogP contribution in [0.4, 0.5) is 10.5 Å². The molecule has 3 heterocycles. The monoisotopic (exact) mass is 400 g/mol. The summed E-state index contributed by atoms with van der Waals surface area (Å²) in [7, 11) is 0. The molecule has 7 heteroatoms. The summed E-state index contributed by atoms with van der Waals surface area (Å²) < 4.78 is 5.30. The Morgan fingerprint density at radius 2 is 1.66 bits per heavy atom. The van der Waals surface area contributed by atoms with E-state index < -0.39 is 0 Å². The minimum Gasteiger partial charge on any atom is -0.378 e. The van der Waals surface area contributed by atoms with Crippen LogP contribution in [0.1, 0.15) is 31.2 Å². The Bertz CT molecular complexity index is 697. The molecule has 29 heavy (non-hydrogen) atoms. The summed E-state index contributed by atoms with van der Waals surface area (Å²) >= 11 is 0. The molecule has 4 rings (SSSR count). The molecule has 0 radical (unpaired) electrons. The lowest BCUT2D eigenvalue weighted by molar-refractivity contribution is -0.134. The van der Waals surface area contributed by atoms with E-state index in [1.165, 1.54) is 32.4 Å². The highest BCUT2D eigenvalue weighted by atomic mass is 16.5. The number of piperidine rings is 1. The molecule has 0 unspecified atom stereocenters. The number of amides is 3. The molecule has 1 N–H and O–H groups in total. The smallest absolute Gasteiger partial charge is 0.321 e. The molecule has 158 valence electrons. The highest BCUT2D eigenvalue weighted by molar-refractivity contribution is 5.89. The maximum absolute atomic E-state index is 12.7. The van der Waals surface area contributed by atoms with E-state index in [9.17, 15) is 9.59 Å². The first-order chi connectivity index (χ1) is 14.2. The Morgan fingerprint density at radius 1 is 0.931 bits per heavy atom. The highest BCUT2D eigenvalue weighted by Crippen LogP contribution is 2.21. The van der Waals surface area contributed by atoms with Crippen molar-refractivity contribution in [1.29, 1.82) is 0 Å². The average Bonchev–Trinajstić information content (AvgIpc) is 3.31. The Morgan fingerprint density at radius 3 is 2.38 bits per heavy atom. The van der Waals surface area contributed by atoms with E-state index in [0.717, 1.165) is 30.8 Å². The van der Waals surface area contributed by atoms with Crippen molar-refractivity contribution in [3.8, 4) is 0 Å². The zero-order chi connectivity index (χ0) is 20.1. The van der Waals surface area contributed by atoms with E-state index in [2.05, 4.69) is 10.2 Å². The number of carbonyl (C=O) groups is 2. The van der Waals surface area contributed by atoms with Crippen LogP contribution in [0.15, 0.2) is 24.3 Å². The van der Waals surface area contributed by atoms with Gasteiger partial charge in [0, 0.05) is 37.9 Å². The molecule has 0 spiro atoms. The number of anilines is 1. The van der Waals surface area contributed by atoms with Crippen molar-refractivity contribution in [3.63, 3.8) is 0 Å². The molecule has 1 aromatic carbocycles. The second-order valence-electron chi connectivity index (χ2n) is 8.28. The van der Waals surface area contributed by atoms with Gasteiger partial charge in [0.1, 0.15) is 0 Å². The quantitative estimate of drug-likeness (QED) is 0.841. The standard InChI is InChI=1S/C22H32N4O3/c27-21(25-12-14-29-15-13-25)16-18-5-7-19(8-6-18)23-22(28)26-11-3-4-20(17-26)24-9-1-2-10-24/h5-8,20H,1-4,9-17H2,(H,23,28)/t20-/m1/s1. The summed E-state index contributed by atoms with van der Waals surface area (Å²) in [4.78, 5) is 31.4. The number of likely N-dealkylation sites (tertiary alicyclic amines) is 2. The van der Waals surface area contributed by atoms with Gasteiger partial charge in [-0.05, 0) is 56.5 Å². The number of rotatable bonds is 4. The molecule has 1 atom stereocenters. The third-order valence-corrected chi connectivity index (χ3v) is 6.27. The average molecular weight is 401 g/mol. The molecule has 3 amide bonds. The number of nitrogens with one attached hydrogen (secondary N) is 1. The first-order valence-electron chi connectivity index (χ1n) is 10.9. The van der Waals surface area contributed by atoms with Crippen molar-refractivity contribution in [3.05, 3.63) is 29.8 Å². The Balaban J connectivity index is 1.27. The molecule has 0 aromatic heterocycles. The van der Waals surface area contributed by atoms with Gasteiger partial charge in [-0.15, -0.1) is 0 Å². The van der Waals surface area contributed by atoms with Gasteiger partial charge in [0.2, 0.25) is 5.91 Å². The number of morpholine rings is 1. The number of ether oxygens (including phenoxy) is 1. The normalized spacial score (nSPS) is 23.2. The number of hydrogen-bond donors (Lipinski definition) is 1. The molecule has 0 aliphatic carbocycles. The van der Waals surface area contributed by atoms with Crippen LogP contribution in [0.5, 0.6) is 0 Å². The molecule has 1 aromatic rings. The first kappa shape index (κ1) is 20.2. The number of urea groups is 1. The van der Waals surface area contributed by atoms with Gasteiger partial charge in [-0.2, -0.15) is 0 Å². The summed E-state index contributed by atoms with van der Waals surface area (Å²) in [6.07, 6.45) is 5.21. The number of benzene rings is 1. The second kappa shape index (κ2) is 9.59. The van der Waals surface area contributed by atoms with Crippen LogP contribution in [-0.2, 0) is 16.0 Å². The lowest BCUT2D eigenvalue weighted by atomic mass is 10.0. The van der Waals surface area contributed by atoms with Gasteiger partial charge in [0.25, 0.3) is 0 Å². The minimum atomic E-state index is -0.0222. The van der Waals surface area contributed by atoms with Gasteiger partial charge in [-0.25, -0.2) is 4.79 Å². The predicted molar refractivity (Wildman–Crippen MR) is 112 cm³/mol. The zero-order valence-electron chi connectivity index (χ0n) is 17.1. The third kappa shape index (κ3) is 5.28. The number of nitrogens with zero attached hydrogens (tertiary/aromatic N) is 3. The van der Waals surface area contributed by atoms with Gasteiger partial charge >= 0.3 is 6.03 Å². The Labute approximate surface area is 173 Å². The van der Waals surface area contributed by atoms with E-state index in [4.69, 9.17) is 4.74 Å². The highest BCUT2D eigenvalue weighted by Gasteiger charge is 2.29. The van der Waals surface area contributed by atoms with E-state index in [1.54, 1.807) is 0 Å². The lowest BCUT2D eigenvalue weighted by Gasteiger charge is -2.37. The van der Waals surface area contributed by atoms with Gasteiger partial charge in [0.15, 0.2) is 0 Å². The molecule has 7 nitrogen and oxygen atoms in total. The molecule has 3 aliphatic heterocycles. The maximum atomic E-state index is 12.7. The van der Waals surface area contributed by atoms with Crippen molar-refractivity contribution in [1.82, 2.24) is 14.7 Å². The van der Waals surface area contributed by atoms with E-state index in [-0.39, 0.29) is 11.9 Å². The zero-order valence-corrected chi connectivity index (χ0v) is 17.1. The molecule has 3 saturated heterocycles. The van der Waals surface area contributed by atoms with Crippen LogP contribution in [0.2, 0.25) is 0 Å². The lowest BCUT2D eigenvalue weighted by Crippen LogP contribution is -2.50. The van der Waals surface area contributed by atoms with Crippen LogP contribution in [0.25, 0.3) is 0 Å². The van der Waals surface area contributed by atoms with Crippen LogP contribution in [-0.4, -0.2) is 85.2 Å². The van der Waals surface area contributed by atoms with Gasteiger partial charge < -0.3 is 19.9 Å². The molecular weight excluding hydrogens is 368 g/mol. The molecule has 0 bridgehead atoms. The van der Waals surface area contributed by atoms with Crippen LogP contribution in [0, 0.1) is 0 Å². The van der Waals surface area contributed by atoms with Crippen LogP contribution < -0.4 is 5.32 Å². The largest absolute Gasteiger partial charge is 0.378 e. The summed E-state index contributed by atoms with van der Waals surface area (Å²) in [5.74, 6) is 0.131. The van der Waals surface area contributed by atoms with E-state index in [1.807, 2.05) is 34.1 Å². The summed E-state index contributed by atoms with van der Waals surface area (Å²) in [5.41, 5.74) is 1.74. The van der Waals surface area contributed by atoms with Gasteiger partial charge in [-0.1, -0.05) is 12.1 Å². The second-order valence-corrected chi connectivity index (χ2v) is 8.28. The van der Waals surface area contributed by atoms with E-state index in [0.29, 0.717) is 38.8 Å². The molecular formula is C22H32N4O3. The predicted octanol–water partition coefficient (Wildman–Crippen LogP) is 2.18. The Kier molecular flexibility index (Phi) is 6.67. The first-order valence-corrected chi connectivity index (χ1v) is 10.9. The fourth-order valence-corrected chi connectivity index (χ4v) is 4.55. The van der Waals surface area contributed by atoms with Gasteiger partial charge in [0.05, 0.1) is 19.6 Å². The molecule has 0 saturated carbocycles. The number of hydrogen-bond acceptors (Lipinski definition) is 4. The van der Waals surface area contributed by atoms with Crippen molar-refractivity contribution < 1.29 is 14.3 Å². The summed E-state index contributed by atoms with van der Waals surface area (Å²) in [6.45, 7) is 6.55. The minimum absolute atomic E-state index is 0.0222. The van der Waals surface area contributed by atoms with Crippen LogP contribution in [0.3, 0.4) is 0 Å². The Hall–Kier alpha value is -2.12. The number of carbonyl (C=O) groups excluding carboxylic acids is 2. The van der Waals surface area contributed by atoms with Crippen molar-refractivity contribution >= 4 is 17.6 Å². The van der Waals surface area contributed by atoms with Crippen LogP contribution >= 0.6 is 0 Å². The fourth-order valence-electron chi connectivity index (χ4n) is 4.55. The van der Waals surface area contributed by atoms with Crippen molar-refractivity contribution in [2.45, 2.75) is 38.1 Å². The molecule has 3 aliphatic rings. The van der Waals surface area contributed by atoms with Crippen molar-refractivity contribution in [2.24, 2.45) is 0 Å². The fraction of sp³-hybridized carbons (Fsp3) is 0.636. The van der Waals surface area contributed by atoms with Crippen molar-refractivity contribution in [2.75, 3.05) is 57.8 Å². The van der Waals surface area contributed by atoms with E-state index >= 15 is 0 Å². The topological polar surface area (TPSA) is 65.1 Å².